The Labute approximate surface area is 140 Å². The zero-order valence-electron chi connectivity index (χ0n) is 12.8. The second-order valence-corrected chi connectivity index (χ2v) is 6.07. The molecule has 2 aromatic rings. The van der Waals surface area contributed by atoms with Crippen LogP contribution in [0.1, 0.15) is 34.5 Å². The number of amides is 1. The fourth-order valence-electron chi connectivity index (χ4n) is 2.84. The van der Waals surface area contributed by atoms with E-state index in [9.17, 15) is 10.1 Å². The highest BCUT2D eigenvalue weighted by atomic mass is 35.5. The second-order valence-electron chi connectivity index (χ2n) is 5.63. The molecule has 5 heteroatoms. The van der Waals surface area contributed by atoms with Gasteiger partial charge in [0.25, 0.3) is 5.91 Å². The topological polar surface area (TPSA) is 57.0 Å². The zero-order chi connectivity index (χ0) is 16.4. The van der Waals surface area contributed by atoms with E-state index in [0.717, 1.165) is 31.5 Å². The third-order valence-electron chi connectivity index (χ3n) is 4.08. The number of carbonyl (C=O) groups is 1. The highest BCUT2D eigenvalue weighted by Gasteiger charge is 2.24. The first-order valence-corrected chi connectivity index (χ1v) is 7.95. The monoisotopic (exact) mass is 325 g/mol. The van der Waals surface area contributed by atoms with E-state index in [1.165, 1.54) is 0 Å². The van der Waals surface area contributed by atoms with Crippen LogP contribution < -0.4 is 0 Å². The predicted molar refractivity (Wildman–Crippen MR) is 89.3 cm³/mol. The van der Waals surface area contributed by atoms with Gasteiger partial charge in [0.05, 0.1) is 22.5 Å². The van der Waals surface area contributed by atoms with Gasteiger partial charge in [-0.1, -0.05) is 23.7 Å². The van der Waals surface area contributed by atoms with Crippen LogP contribution in [0.15, 0.2) is 30.3 Å². The van der Waals surface area contributed by atoms with Gasteiger partial charge >= 0.3 is 0 Å². The number of aromatic nitrogens is 1. The minimum atomic E-state index is -0.0836. The molecule has 1 fully saturated rings. The van der Waals surface area contributed by atoms with Crippen LogP contribution in [0.5, 0.6) is 0 Å². The van der Waals surface area contributed by atoms with Gasteiger partial charge < -0.3 is 4.90 Å². The molecule has 0 spiro atoms. The van der Waals surface area contributed by atoms with E-state index >= 15 is 0 Å². The molecule has 23 heavy (non-hydrogen) atoms. The van der Waals surface area contributed by atoms with Gasteiger partial charge in [-0.05, 0) is 38.0 Å². The van der Waals surface area contributed by atoms with E-state index < -0.39 is 0 Å². The third-order valence-corrected chi connectivity index (χ3v) is 4.33. The summed E-state index contributed by atoms with van der Waals surface area (Å²) in [5, 5.41) is 10.1. The summed E-state index contributed by atoms with van der Waals surface area (Å²) in [6.07, 6.45) is 2.03. The molecular weight excluding hydrogens is 310 g/mol. The van der Waals surface area contributed by atoms with Crippen molar-refractivity contribution in [2.24, 2.45) is 0 Å². The molecule has 4 nitrogen and oxygen atoms in total. The molecule has 1 aliphatic heterocycles. The van der Waals surface area contributed by atoms with E-state index in [4.69, 9.17) is 11.6 Å². The number of hydrogen-bond acceptors (Lipinski definition) is 3. The van der Waals surface area contributed by atoms with Crippen LogP contribution in [0.4, 0.5) is 0 Å². The van der Waals surface area contributed by atoms with Crippen molar-refractivity contribution < 1.29 is 4.79 Å². The quantitative estimate of drug-likeness (QED) is 0.843. The van der Waals surface area contributed by atoms with Gasteiger partial charge in [-0.3, -0.25) is 9.78 Å². The first-order valence-electron chi connectivity index (χ1n) is 7.57. The number of pyridine rings is 1. The fraction of sp³-hybridized carbons (Fsp3) is 0.278. The van der Waals surface area contributed by atoms with E-state index in [2.05, 4.69) is 11.1 Å². The van der Waals surface area contributed by atoms with E-state index in [0.29, 0.717) is 27.5 Å². The Hall–Kier alpha value is -2.38. The molecule has 0 radical (unpaired) electrons. The van der Waals surface area contributed by atoms with Crippen LogP contribution >= 0.6 is 11.6 Å². The van der Waals surface area contributed by atoms with Crippen molar-refractivity contribution in [1.29, 1.82) is 5.26 Å². The van der Waals surface area contributed by atoms with E-state index in [1.807, 2.05) is 12.1 Å². The molecule has 0 saturated carbocycles. The number of likely N-dealkylation sites (tertiary alicyclic amines) is 1. The zero-order valence-corrected chi connectivity index (χ0v) is 13.6. The van der Waals surface area contributed by atoms with Crippen molar-refractivity contribution in [2.45, 2.75) is 19.8 Å². The highest BCUT2D eigenvalue weighted by Crippen LogP contribution is 2.25. The fourth-order valence-corrected chi connectivity index (χ4v) is 2.97. The van der Waals surface area contributed by atoms with E-state index in [-0.39, 0.29) is 5.91 Å². The summed E-state index contributed by atoms with van der Waals surface area (Å²) in [5.41, 5.74) is 2.92. The molecule has 1 amide bonds. The second kappa shape index (κ2) is 6.39. The van der Waals surface area contributed by atoms with Crippen LogP contribution in [-0.4, -0.2) is 28.9 Å². The highest BCUT2D eigenvalue weighted by molar-refractivity contribution is 6.30. The lowest BCUT2D eigenvalue weighted by atomic mass is 10.0. The third kappa shape index (κ3) is 3.06. The number of nitrogens with zero attached hydrogens (tertiary/aromatic N) is 3. The summed E-state index contributed by atoms with van der Waals surface area (Å²) >= 11 is 5.92. The molecule has 1 aromatic carbocycles. The summed E-state index contributed by atoms with van der Waals surface area (Å²) in [4.78, 5) is 19.0. The van der Waals surface area contributed by atoms with Crippen molar-refractivity contribution in [1.82, 2.24) is 9.88 Å². The van der Waals surface area contributed by atoms with Crippen molar-refractivity contribution in [2.75, 3.05) is 13.1 Å². The largest absolute Gasteiger partial charge is 0.339 e. The van der Waals surface area contributed by atoms with E-state index in [1.54, 1.807) is 30.0 Å². The Morgan fingerprint density at radius 1 is 1.26 bits per heavy atom. The molecule has 1 saturated heterocycles. The molecule has 1 aromatic heterocycles. The average molecular weight is 326 g/mol. The van der Waals surface area contributed by atoms with Crippen molar-refractivity contribution >= 4 is 17.5 Å². The molecule has 1 aliphatic rings. The Kier molecular flexibility index (Phi) is 4.31. The number of aryl methyl sites for hydroxylation is 1. The lowest BCUT2D eigenvalue weighted by Gasteiger charge is -2.17. The summed E-state index contributed by atoms with van der Waals surface area (Å²) in [5.74, 6) is -0.0836. The number of rotatable bonds is 2. The summed E-state index contributed by atoms with van der Waals surface area (Å²) < 4.78 is 0. The van der Waals surface area contributed by atoms with Crippen LogP contribution in [0, 0.1) is 18.3 Å². The first kappa shape index (κ1) is 15.5. The number of halogens is 1. The van der Waals surface area contributed by atoms with Crippen LogP contribution in [0.3, 0.4) is 0 Å². The van der Waals surface area contributed by atoms with Crippen molar-refractivity contribution in [3.05, 3.63) is 52.2 Å². The molecular formula is C18H16ClN3O. The molecule has 2 heterocycles. The lowest BCUT2D eigenvalue weighted by molar-refractivity contribution is 0.0792. The summed E-state index contributed by atoms with van der Waals surface area (Å²) in [6, 6.07) is 11.1. The summed E-state index contributed by atoms with van der Waals surface area (Å²) in [6.45, 7) is 3.27. The number of nitriles is 1. The van der Waals surface area contributed by atoms with Crippen molar-refractivity contribution in [3.8, 4) is 17.3 Å². The van der Waals surface area contributed by atoms with Crippen molar-refractivity contribution in [3.63, 3.8) is 0 Å². The number of carbonyl (C=O) groups excluding carboxylic acids is 1. The molecule has 0 bridgehead atoms. The Morgan fingerprint density at radius 2 is 1.91 bits per heavy atom. The van der Waals surface area contributed by atoms with Gasteiger partial charge in [-0.15, -0.1) is 0 Å². The Balaban J connectivity index is 2.08. The predicted octanol–water partition coefficient (Wildman–Crippen LogP) is 3.82. The average Bonchev–Trinajstić information content (AvgIpc) is 3.08. The van der Waals surface area contributed by atoms with Gasteiger partial charge in [0, 0.05) is 23.7 Å². The molecule has 0 N–H and O–H groups in total. The molecule has 3 rings (SSSR count). The molecule has 0 unspecified atom stereocenters. The lowest BCUT2D eigenvalue weighted by Crippen LogP contribution is -2.28. The van der Waals surface area contributed by atoms with Gasteiger partial charge in [0.1, 0.15) is 6.07 Å². The minimum absolute atomic E-state index is 0.0836. The molecule has 0 aliphatic carbocycles. The maximum Gasteiger partial charge on any atom is 0.255 e. The normalized spacial score (nSPS) is 13.9. The molecule has 0 atom stereocenters. The minimum Gasteiger partial charge on any atom is -0.339 e. The van der Waals surface area contributed by atoms with Gasteiger partial charge in [-0.2, -0.15) is 5.26 Å². The van der Waals surface area contributed by atoms with Gasteiger partial charge in [-0.25, -0.2) is 0 Å². The SMILES string of the molecule is Cc1nc(-c2ccc(Cl)cc2)cc(C(=O)N2CCCC2)c1C#N. The maximum absolute atomic E-state index is 12.7. The number of benzene rings is 1. The smallest absolute Gasteiger partial charge is 0.255 e. The van der Waals surface area contributed by atoms with Crippen LogP contribution in [-0.2, 0) is 0 Å². The molecule has 116 valence electrons. The Bertz CT molecular complexity index is 787. The Morgan fingerprint density at radius 3 is 2.52 bits per heavy atom. The van der Waals surface area contributed by atoms with Crippen LogP contribution in [0.2, 0.25) is 5.02 Å². The maximum atomic E-state index is 12.7. The summed E-state index contributed by atoms with van der Waals surface area (Å²) in [7, 11) is 0. The number of hydrogen-bond donors (Lipinski definition) is 0. The standard InChI is InChI=1S/C18H16ClN3O/c1-12-16(11-20)15(18(23)22-8-2-3-9-22)10-17(21-12)13-4-6-14(19)7-5-13/h4-7,10H,2-3,8-9H2,1H3. The van der Waals surface area contributed by atoms with Crippen LogP contribution in [0.25, 0.3) is 11.3 Å². The first-order chi connectivity index (χ1) is 11.1. The van der Waals surface area contributed by atoms with Gasteiger partial charge in [0.2, 0.25) is 0 Å². The van der Waals surface area contributed by atoms with Gasteiger partial charge in [0.15, 0.2) is 0 Å².